The number of anilines is 1. The SMILES string of the molecule is COc1ccc(Cl)c2c1N[C@H](c1ccccc1C(F)(F)F)[C@H]1CC=C[C@@H]21. The van der Waals surface area contributed by atoms with E-state index in [0.717, 1.165) is 11.6 Å². The van der Waals surface area contributed by atoms with Gasteiger partial charge in [0.1, 0.15) is 5.75 Å². The predicted octanol–water partition coefficient (Wildman–Crippen LogP) is 6.19. The van der Waals surface area contributed by atoms with Crippen LogP contribution in [0.4, 0.5) is 18.9 Å². The van der Waals surface area contributed by atoms with Gasteiger partial charge in [0.2, 0.25) is 0 Å². The molecule has 0 unspecified atom stereocenters. The maximum Gasteiger partial charge on any atom is 0.416 e. The van der Waals surface area contributed by atoms with Gasteiger partial charge in [-0.15, -0.1) is 0 Å². The molecule has 3 atom stereocenters. The monoisotopic (exact) mass is 379 g/mol. The summed E-state index contributed by atoms with van der Waals surface area (Å²) in [6.45, 7) is 0. The first kappa shape index (κ1) is 17.3. The van der Waals surface area contributed by atoms with Crippen molar-refractivity contribution < 1.29 is 17.9 Å². The van der Waals surface area contributed by atoms with E-state index in [1.54, 1.807) is 31.4 Å². The third-order valence-electron chi connectivity index (χ3n) is 5.25. The van der Waals surface area contributed by atoms with Crippen LogP contribution in [0.15, 0.2) is 48.6 Å². The number of nitrogens with one attached hydrogen (secondary N) is 1. The summed E-state index contributed by atoms with van der Waals surface area (Å²) in [6.07, 6.45) is 0.351. The molecular formula is C20H17ClF3NO. The molecule has 1 N–H and O–H groups in total. The third kappa shape index (κ3) is 2.65. The van der Waals surface area contributed by atoms with Crippen molar-refractivity contribution in [1.82, 2.24) is 0 Å². The topological polar surface area (TPSA) is 21.3 Å². The van der Waals surface area contributed by atoms with Gasteiger partial charge < -0.3 is 10.1 Å². The average molecular weight is 380 g/mol. The number of fused-ring (bicyclic) bond motifs is 3. The van der Waals surface area contributed by atoms with Crippen molar-refractivity contribution in [1.29, 1.82) is 0 Å². The van der Waals surface area contributed by atoms with E-state index in [1.807, 2.05) is 12.2 Å². The first-order valence-corrected chi connectivity index (χ1v) is 8.75. The van der Waals surface area contributed by atoms with E-state index in [2.05, 4.69) is 5.32 Å². The minimum Gasteiger partial charge on any atom is -0.495 e. The number of hydrogen-bond acceptors (Lipinski definition) is 2. The molecule has 2 aromatic rings. The van der Waals surface area contributed by atoms with Gasteiger partial charge in [0.25, 0.3) is 0 Å². The molecule has 4 rings (SSSR count). The summed E-state index contributed by atoms with van der Waals surface area (Å²) in [5.41, 5.74) is 1.22. The van der Waals surface area contributed by atoms with Crippen LogP contribution in [-0.4, -0.2) is 7.11 Å². The highest BCUT2D eigenvalue weighted by molar-refractivity contribution is 6.32. The lowest BCUT2D eigenvalue weighted by Crippen LogP contribution is -2.31. The number of halogens is 4. The Hall–Kier alpha value is -2.14. The standard InChI is InChI=1S/C20H17ClF3NO/c1-26-16-10-9-15(21)17-11-6-4-7-12(11)18(25-19(16)17)13-5-2-3-8-14(13)20(22,23)24/h2-6,8-12,18,25H,7H2,1H3/t11-,12+,18+/m1/s1. The van der Waals surface area contributed by atoms with E-state index in [1.165, 1.54) is 6.07 Å². The molecule has 2 nitrogen and oxygen atoms in total. The summed E-state index contributed by atoms with van der Waals surface area (Å²) in [4.78, 5) is 0. The largest absolute Gasteiger partial charge is 0.495 e. The molecule has 1 aliphatic heterocycles. The smallest absolute Gasteiger partial charge is 0.416 e. The fraction of sp³-hybridized carbons (Fsp3) is 0.300. The molecule has 26 heavy (non-hydrogen) atoms. The first-order chi connectivity index (χ1) is 12.4. The van der Waals surface area contributed by atoms with Gasteiger partial charge >= 0.3 is 6.18 Å². The molecule has 2 aliphatic rings. The lowest BCUT2D eigenvalue weighted by atomic mass is 9.76. The molecule has 0 aromatic heterocycles. The van der Waals surface area contributed by atoms with Crippen LogP contribution in [0.25, 0.3) is 0 Å². The Balaban J connectivity index is 1.88. The average Bonchev–Trinajstić information content (AvgIpc) is 3.10. The Morgan fingerprint density at radius 1 is 1.15 bits per heavy atom. The van der Waals surface area contributed by atoms with E-state index in [4.69, 9.17) is 16.3 Å². The summed E-state index contributed by atoms with van der Waals surface area (Å²) >= 11 is 6.43. The molecule has 0 saturated heterocycles. The van der Waals surface area contributed by atoms with Crippen molar-refractivity contribution in [3.05, 3.63) is 70.3 Å². The highest BCUT2D eigenvalue weighted by Gasteiger charge is 2.43. The summed E-state index contributed by atoms with van der Waals surface area (Å²) in [5.74, 6) is 0.508. The minimum absolute atomic E-state index is 0.0318. The second kappa shape index (κ2) is 6.23. The number of ether oxygens (including phenoxy) is 1. The number of hydrogen-bond donors (Lipinski definition) is 1. The van der Waals surface area contributed by atoms with E-state index < -0.39 is 17.8 Å². The van der Waals surface area contributed by atoms with Gasteiger partial charge in [0.15, 0.2) is 0 Å². The Morgan fingerprint density at radius 3 is 2.65 bits per heavy atom. The van der Waals surface area contributed by atoms with Crippen molar-refractivity contribution in [3.8, 4) is 5.75 Å². The van der Waals surface area contributed by atoms with Gasteiger partial charge in [0.05, 0.1) is 24.4 Å². The molecule has 1 heterocycles. The zero-order valence-corrected chi connectivity index (χ0v) is 14.7. The van der Waals surface area contributed by atoms with Crippen molar-refractivity contribution >= 4 is 17.3 Å². The van der Waals surface area contributed by atoms with E-state index in [9.17, 15) is 13.2 Å². The molecule has 0 amide bonds. The van der Waals surface area contributed by atoms with Gasteiger partial charge in [-0.1, -0.05) is 42.0 Å². The predicted molar refractivity (Wildman–Crippen MR) is 95.8 cm³/mol. The fourth-order valence-corrected chi connectivity index (χ4v) is 4.43. The van der Waals surface area contributed by atoms with Gasteiger partial charge in [-0.2, -0.15) is 13.2 Å². The van der Waals surface area contributed by atoms with Crippen molar-refractivity contribution in [2.45, 2.75) is 24.6 Å². The molecule has 1 aliphatic carbocycles. The molecule has 6 heteroatoms. The molecule has 0 bridgehead atoms. The van der Waals surface area contributed by atoms with Gasteiger partial charge in [-0.25, -0.2) is 0 Å². The number of benzene rings is 2. The van der Waals surface area contributed by atoms with Crippen LogP contribution in [0.2, 0.25) is 5.02 Å². The molecule has 136 valence electrons. The lowest BCUT2D eigenvalue weighted by Gasteiger charge is -2.39. The van der Waals surface area contributed by atoms with Gasteiger partial charge in [-0.3, -0.25) is 0 Å². The normalized spacial score (nSPS) is 24.0. The maximum atomic E-state index is 13.6. The van der Waals surface area contributed by atoms with Crippen LogP contribution in [0.1, 0.15) is 35.1 Å². The first-order valence-electron chi connectivity index (χ1n) is 8.37. The Labute approximate surface area is 154 Å². The number of allylic oxidation sites excluding steroid dienone is 2. The van der Waals surface area contributed by atoms with Crippen LogP contribution in [0.3, 0.4) is 0 Å². The number of methoxy groups -OCH3 is 1. The molecule has 0 saturated carbocycles. The van der Waals surface area contributed by atoms with Gasteiger partial charge in [0, 0.05) is 16.5 Å². The fourth-order valence-electron chi connectivity index (χ4n) is 4.14. The van der Waals surface area contributed by atoms with Crippen molar-refractivity contribution in [2.75, 3.05) is 12.4 Å². The molecule has 2 aromatic carbocycles. The number of alkyl halides is 3. The Kier molecular flexibility index (Phi) is 4.14. The summed E-state index contributed by atoms with van der Waals surface area (Å²) in [7, 11) is 1.54. The summed E-state index contributed by atoms with van der Waals surface area (Å²) in [5, 5.41) is 3.90. The highest BCUT2D eigenvalue weighted by atomic mass is 35.5. The second-order valence-electron chi connectivity index (χ2n) is 6.60. The molecule has 0 radical (unpaired) electrons. The maximum absolute atomic E-state index is 13.6. The van der Waals surface area contributed by atoms with Crippen LogP contribution in [0, 0.1) is 5.92 Å². The molecular weight excluding hydrogens is 363 g/mol. The minimum atomic E-state index is -4.40. The van der Waals surface area contributed by atoms with Crippen LogP contribution in [-0.2, 0) is 6.18 Å². The number of rotatable bonds is 2. The summed E-state index contributed by atoms with van der Waals surface area (Å²) in [6, 6.07) is 8.79. The summed E-state index contributed by atoms with van der Waals surface area (Å²) < 4.78 is 46.1. The van der Waals surface area contributed by atoms with Gasteiger partial charge in [-0.05, 0) is 36.1 Å². The Morgan fingerprint density at radius 2 is 1.92 bits per heavy atom. The molecule has 0 spiro atoms. The molecule has 0 fully saturated rings. The van der Waals surface area contributed by atoms with Crippen LogP contribution >= 0.6 is 11.6 Å². The van der Waals surface area contributed by atoms with Crippen LogP contribution < -0.4 is 10.1 Å². The highest BCUT2D eigenvalue weighted by Crippen LogP contribution is 2.55. The van der Waals surface area contributed by atoms with Crippen molar-refractivity contribution in [3.63, 3.8) is 0 Å². The van der Waals surface area contributed by atoms with E-state index in [0.29, 0.717) is 22.9 Å². The zero-order chi connectivity index (χ0) is 18.5. The second-order valence-corrected chi connectivity index (χ2v) is 7.01. The van der Waals surface area contributed by atoms with Crippen molar-refractivity contribution in [2.24, 2.45) is 5.92 Å². The Bertz CT molecular complexity index is 878. The van der Waals surface area contributed by atoms with E-state index >= 15 is 0 Å². The zero-order valence-electron chi connectivity index (χ0n) is 14.0. The quantitative estimate of drug-likeness (QED) is 0.628. The van der Waals surface area contributed by atoms with Crippen LogP contribution in [0.5, 0.6) is 5.75 Å². The third-order valence-corrected chi connectivity index (χ3v) is 5.58. The lowest BCUT2D eigenvalue weighted by molar-refractivity contribution is -0.138. The van der Waals surface area contributed by atoms with E-state index in [-0.39, 0.29) is 17.4 Å².